The number of carbonyl (C=O) groups excluding carboxylic acids is 2. The van der Waals surface area contributed by atoms with Crippen LogP contribution in [0.15, 0.2) is 35.4 Å². The van der Waals surface area contributed by atoms with Crippen molar-refractivity contribution in [2.24, 2.45) is 5.10 Å². The molecule has 1 rings (SSSR count). The molecule has 5 heteroatoms. The lowest BCUT2D eigenvalue weighted by molar-refractivity contribution is -0.294. The predicted molar refractivity (Wildman–Crippen MR) is 52.0 cm³/mol. The second-order valence-electron chi connectivity index (χ2n) is 2.79. The number of carboxylic acid groups (broad SMARTS) is 1. The fraction of sp³-hybridized carbons (Fsp3) is 0.100. The van der Waals surface area contributed by atoms with Crippen LogP contribution in [0.3, 0.4) is 0 Å². The number of rotatable bonds is 3. The van der Waals surface area contributed by atoms with Crippen molar-refractivity contribution in [1.82, 2.24) is 5.43 Å². The smallest absolute Gasteiger partial charge is 0.271 e. The van der Waals surface area contributed by atoms with Gasteiger partial charge in [-0.25, -0.2) is 5.43 Å². The second-order valence-corrected chi connectivity index (χ2v) is 2.79. The lowest BCUT2D eigenvalue weighted by Crippen LogP contribution is -2.32. The second kappa shape index (κ2) is 4.90. The minimum atomic E-state index is -1.41. The summed E-state index contributed by atoms with van der Waals surface area (Å²) in [7, 11) is 0. The number of carboxylic acids is 1. The maximum atomic E-state index is 11.3. The quantitative estimate of drug-likeness (QED) is 0.535. The summed E-state index contributed by atoms with van der Waals surface area (Å²) in [5.41, 5.74) is 2.24. The molecule has 15 heavy (non-hydrogen) atoms. The van der Waals surface area contributed by atoms with Crippen LogP contribution in [-0.2, 0) is 4.79 Å². The number of nitrogens with zero attached hydrogens (tertiary/aromatic N) is 1. The number of aliphatic carboxylic acids is 1. The van der Waals surface area contributed by atoms with Crippen molar-refractivity contribution >= 4 is 17.6 Å². The van der Waals surface area contributed by atoms with Crippen molar-refractivity contribution in [3.63, 3.8) is 0 Å². The van der Waals surface area contributed by atoms with E-state index in [2.05, 4.69) is 10.5 Å². The highest BCUT2D eigenvalue weighted by Gasteiger charge is 2.02. The van der Waals surface area contributed by atoms with Crippen molar-refractivity contribution < 1.29 is 14.7 Å². The Bertz CT molecular complexity index is 398. The van der Waals surface area contributed by atoms with Gasteiger partial charge >= 0.3 is 0 Å². The first-order chi connectivity index (χ1) is 7.11. The largest absolute Gasteiger partial charge is 0.543 e. The minimum absolute atomic E-state index is 0.278. The van der Waals surface area contributed by atoms with Gasteiger partial charge in [0.2, 0.25) is 0 Å². The number of carbonyl (C=O) groups is 2. The highest BCUT2D eigenvalue weighted by molar-refractivity contribution is 6.33. The molecule has 0 fully saturated rings. The zero-order valence-corrected chi connectivity index (χ0v) is 8.06. The van der Waals surface area contributed by atoms with E-state index < -0.39 is 11.9 Å². The summed E-state index contributed by atoms with van der Waals surface area (Å²) in [6.07, 6.45) is 0. The van der Waals surface area contributed by atoms with Crippen molar-refractivity contribution in [3.8, 4) is 0 Å². The molecular formula is C10H9N2O3-. The zero-order chi connectivity index (χ0) is 11.3. The summed E-state index contributed by atoms with van der Waals surface area (Å²) in [5.74, 6) is -1.88. The first-order valence-corrected chi connectivity index (χ1v) is 4.22. The number of hydrogen-bond acceptors (Lipinski definition) is 4. The van der Waals surface area contributed by atoms with Crippen molar-refractivity contribution in [1.29, 1.82) is 0 Å². The third-order valence-corrected chi connectivity index (χ3v) is 1.66. The topological polar surface area (TPSA) is 81.6 Å². The molecule has 0 spiro atoms. The van der Waals surface area contributed by atoms with Gasteiger partial charge in [0.15, 0.2) is 0 Å². The molecule has 0 aromatic heterocycles. The average molecular weight is 205 g/mol. The maximum Gasteiger partial charge on any atom is 0.271 e. The molecule has 0 aliphatic carbocycles. The summed E-state index contributed by atoms with van der Waals surface area (Å²) in [6.45, 7) is 1.24. The van der Waals surface area contributed by atoms with E-state index in [1.54, 1.807) is 30.3 Å². The van der Waals surface area contributed by atoms with Crippen LogP contribution in [0.2, 0.25) is 0 Å². The van der Waals surface area contributed by atoms with Gasteiger partial charge in [-0.05, 0) is 19.1 Å². The van der Waals surface area contributed by atoms with Crippen LogP contribution in [0, 0.1) is 0 Å². The SMILES string of the molecule is C/C(=N/NC(=O)c1ccccc1)C(=O)[O-]. The van der Waals surface area contributed by atoms with Crippen molar-refractivity contribution in [2.45, 2.75) is 6.92 Å². The van der Waals surface area contributed by atoms with E-state index in [-0.39, 0.29) is 5.71 Å². The van der Waals surface area contributed by atoms with Crippen LogP contribution >= 0.6 is 0 Å². The van der Waals surface area contributed by atoms with Crippen LogP contribution in [0.5, 0.6) is 0 Å². The van der Waals surface area contributed by atoms with Crippen LogP contribution in [0.25, 0.3) is 0 Å². The predicted octanol–water partition coefficient (Wildman–Crippen LogP) is -0.458. The van der Waals surface area contributed by atoms with Gasteiger partial charge in [-0.3, -0.25) is 4.79 Å². The zero-order valence-electron chi connectivity index (χ0n) is 8.06. The summed E-state index contributed by atoms with van der Waals surface area (Å²) in [5, 5.41) is 13.6. The average Bonchev–Trinajstić information content (AvgIpc) is 2.26. The summed E-state index contributed by atoms with van der Waals surface area (Å²) in [6, 6.07) is 8.36. The normalized spacial score (nSPS) is 10.9. The third kappa shape index (κ3) is 3.22. The molecule has 0 atom stereocenters. The molecule has 0 saturated heterocycles. The molecule has 0 radical (unpaired) electrons. The minimum Gasteiger partial charge on any atom is -0.543 e. The Hall–Kier alpha value is -2.17. The lowest BCUT2D eigenvalue weighted by Gasteiger charge is -2.02. The van der Waals surface area contributed by atoms with Gasteiger partial charge in [0.25, 0.3) is 5.91 Å². The summed E-state index contributed by atoms with van der Waals surface area (Å²) >= 11 is 0. The van der Waals surface area contributed by atoms with E-state index in [4.69, 9.17) is 0 Å². The van der Waals surface area contributed by atoms with E-state index in [1.165, 1.54) is 6.92 Å². The Morgan fingerprint density at radius 2 is 1.87 bits per heavy atom. The maximum absolute atomic E-state index is 11.3. The molecule has 0 heterocycles. The van der Waals surface area contributed by atoms with E-state index in [0.29, 0.717) is 5.56 Å². The van der Waals surface area contributed by atoms with Crippen LogP contribution in [0.1, 0.15) is 17.3 Å². The Morgan fingerprint density at radius 1 is 1.27 bits per heavy atom. The van der Waals surface area contributed by atoms with Gasteiger partial charge < -0.3 is 9.90 Å². The number of nitrogens with one attached hydrogen (secondary N) is 1. The molecule has 0 bridgehead atoms. The van der Waals surface area contributed by atoms with Gasteiger partial charge in [0, 0.05) is 5.56 Å². The first-order valence-electron chi connectivity index (χ1n) is 4.22. The third-order valence-electron chi connectivity index (χ3n) is 1.66. The van der Waals surface area contributed by atoms with E-state index in [0.717, 1.165) is 0 Å². The molecule has 1 amide bonds. The molecule has 78 valence electrons. The van der Waals surface area contributed by atoms with E-state index in [1.807, 2.05) is 0 Å². The standard InChI is InChI=1S/C10H10N2O3/c1-7(10(14)15)11-12-9(13)8-5-3-2-4-6-8/h2-6H,1H3,(H,12,13)(H,14,15)/p-1/b11-7-. The molecule has 0 unspecified atom stereocenters. The Morgan fingerprint density at radius 3 is 2.40 bits per heavy atom. The number of benzene rings is 1. The van der Waals surface area contributed by atoms with Gasteiger partial charge in [0.05, 0.1) is 11.7 Å². The molecule has 0 aliphatic heterocycles. The fourth-order valence-electron chi connectivity index (χ4n) is 0.834. The number of amides is 1. The lowest BCUT2D eigenvalue weighted by atomic mass is 10.2. The molecule has 0 saturated carbocycles. The van der Waals surface area contributed by atoms with Crippen molar-refractivity contribution in [2.75, 3.05) is 0 Å². The Kier molecular flexibility index (Phi) is 3.56. The molecule has 0 aliphatic rings. The number of hydrogen-bond donors (Lipinski definition) is 1. The molecule has 5 nitrogen and oxygen atoms in total. The summed E-state index contributed by atoms with van der Waals surface area (Å²) in [4.78, 5) is 21.6. The highest BCUT2D eigenvalue weighted by Crippen LogP contribution is 1.97. The highest BCUT2D eigenvalue weighted by atomic mass is 16.4. The van der Waals surface area contributed by atoms with Crippen LogP contribution in [0.4, 0.5) is 0 Å². The molecular weight excluding hydrogens is 196 g/mol. The van der Waals surface area contributed by atoms with Crippen LogP contribution in [-0.4, -0.2) is 17.6 Å². The van der Waals surface area contributed by atoms with E-state index in [9.17, 15) is 14.7 Å². The van der Waals surface area contributed by atoms with Gasteiger partial charge in [-0.1, -0.05) is 18.2 Å². The monoisotopic (exact) mass is 205 g/mol. The van der Waals surface area contributed by atoms with Crippen LogP contribution < -0.4 is 10.5 Å². The van der Waals surface area contributed by atoms with E-state index >= 15 is 0 Å². The number of hydrazone groups is 1. The summed E-state index contributed by atoms with van der Waals surface area (Å²) < 4.78 is 0. The molecule has 1 N–H and O–H groups in total. The Labute approximate surface area is 86.4 Å². The molecule has 1 aromatic carbocycles. The van der Waals surface area contributed by atoms with Gasteiger partial charge in [-0.15, -0.1) is 0 Å². The van der Waals surface area contributed by atoms with Gasteiger partial charge in [0.1, 0.15) is 0 Å². The van der Waals surface area contributed by atoms with Gasteiger partial charge in [-0.2, -0.15) is 5.10 Å². The van der Waals surface area contributed by atoms with Crippen molar-refractivity contribution in [3.05, 3.63) is 35.9 Å². The Balaban J connectivity index is 2.66. The molecule has 1 aromatic rings. The fourth-order valence-corrected chi connectivity index (χ4v) is 0.834. The first kappa shape index (κ1) is 10.9.